The van der Waals surface area contributed by atoms with Gasteiger partial charge < -0.3 is 89.1 Å². The van der Waals surface area contributed by atoms with Gasteiger partial charge in [0.05, 0.1) is 19.1 Å². The van der Waals surface area contributed by atoms with Crippen molar-refractivity contribution in [3.05, 3.63) is 35.9 Å². The van der Waals surface area contributed by atoms with Gasteiger partial charge in [0, 0.05) is 19.5 Å². The molecule has 2 aliphatic heterocycles. The third-order valence-corrected chi connectivity index (χ3v) is 15.9. The molecule has 0 bridgehead atoms. The van der Waals surface area contributed by atoms with E-state index in [4.69, 9.17) is 10.8 Å². The summed E-state index contributed by atoms with van der Waals surface area (Å²) in [7, 11) is 0. The number of carboxylic acids is 2. The second-order valence-corrected chi connectivity index (χ2v) is 26.2. The van der Waals surface area contributed by atoms with Crippen LogP contribution < -0.4 is 58.9 Å². The molecular weight excluding hydrogens is 1230 g/mol. The fourth-order valence-electron chi connectivity index (χ4n) is 10.8. The maximum absolute atomic E-state index is 14.6. The highest BCUT2D eigenvalue weighted by Crippen LogP contribution is 2.23. The molecule has 0 saturated carbocycles. The Bertz CT molecular complexity index is 2820. The van der Waals surface area contributed by atoms with Gasteiger partial charge in [0.15, 0.2) is 0 Å². The first-order valence-corrected chi connectivity index (χ1v) is 32.1. The number of hydrogen-bond donors (Lipinski definition) is 15. The van der Waals surface area contributed by atoms with Crippen molar-refractivity contribution in [3.63, 3.8) is 0 Å². The Balaban J connectivity index is 1.78. The number of nitrogens with zero attached hydrogens (tertiary/aromatic N) is 2. The van der Waals surface area contributed by atoms with Crippen LogP contribution in [0.4, 0.5) is 0 Å². The average Bonchev–Trinajstić information content (AvgIpc) is 1.59. The van der Waals surface area contributed by atoms with E-state index in [0.717, 1.165) is 0 Å². The van der Waals surface area contributed by atoms with Crippen LogP contribution in [0.25, 0.3) is 0 Å². The fraction of sp³-hybridized carbons (Fsp3) is 0.683. The lowest BCUT2D eigenvalue weighted by atomic mass is 9.98. The molecule has 2 heterocycles. The molecule has 2 aliphatic rings. The van der Waals surface area contributed by atoms with Gasteiger partial charge in [-0.1, -0.05) is 99.6 Å². The average molecular weight is 1330 g/mol. The summed E-state index contributed by atoms with van der Waals surface area (Å²) in [6, 6.07) is -8.11. The van der Waals surface area contributed by atoms with Crippen LogP contribution in [0.3, 0.4) is 0 Å². The number of carbonyl (C=O) groups is 14. The third kappa shape index (κ3) is 25.2. The molecule has 0 aliphatic carbocycles. The van der Waals surface area contributed by atoms with Gasteiger partial charge in [0.2, 0.25) is 70.9 Å². The molecule has 0 spiro atoms. The van der Waals surface area contributed by atoms with E-state index in [2.05, 4.69) is 53.2 Å². The summed E-state index contributed by atoms with van der Waals surface area (Å²) in [5, 5.41) is 64.3. The quantitative estimate of drug-likeness (QED) is 0.0325. The van der Waals surface area contributed by atoms with E-state index >= 15 is 0 Å². The monoisotopic (exact) mass is 1330 g/mol. The Morgan fingerprint density at radius 3 is 1.38 bits per heavy atom. The maximum Gasteiger partial charge on any atom is 0.322 e. The zero-order chi connectivity index (χ0) is 71.0. The molecule has 31 nitrogen and oxygen atoms in total. The number of nitrogens with two attached hydrogens (primary N) is 1. The second-order valence-electron chi connectivity index (χ2n) is 26.2. The Labute approximate surface area is 548 Å². The Kier molecular flexibility index (Phi) is 32.4. The van der Waals surface area contributed by atoms with Crippen molar-refractivity contribution in [2.24, 2.45) is 35.3 Å². The molecule has 13 atom stereocenters. The van der Waals surface area contributed by atoms with Gasteiger partial charge in [-0.15, -0.1) is 0 Å². The van der Waals surface area contributed by atoms with Gasteiger partial charge in [0.25, 0.3) is 0 Å². The van der Waals surface area contributed by atoms with E-state index in [-0.39, 0.29) is 62.9 Å². The summed E-state index contributed by atoms with van der Waals surface area (Å²) < 4.78 is 0. The molecule has 12 amide bonds. The van der Waals surface area contributed by atoms with E-state index in [9.17, 15) is 82.4 Å². The number of likely N-dealkylation sites (tertiary alicyclic amines) is 2. The molecule has 94 heavy (non-hydrogen) atoms. The third-order valence-electron chi connectivity index (χ3n) is 15.9. The summed E-state index contributed by atoms with van der Waals surface area (Å²) >= 11 is 0. The van der Waals surface area contributed by atoms with E-state index in [1.807, 2.05) is 27.7 Å². The predicted octanol–water partition coefficient (Wildman–Crippen LogP) is -2.58. The normalized spacial score (nSPS) is 18.2. The second kappa shape index (κ2) is 38.1. The molecule has 2 saturated heterocycles. The van der Waals surface area contributed by atoms with Crippen molar-refractivity contribution < 1.29 is 87.5 Å². The smallest absolute Gasteiger partial charge is 0.322 e. The molecule has 0 aromatic heterocycles. The van der Waals surface area contributed by atoms with E-state index in [1.54, 1.807) is 58.0 Å². The van der Waals surface area contributed by atoms with E-state index in [0.29, 0.717) is 24.8 Å². The van der Waals surface area contributed by atoms with Gasteiger partial charge in [-0.25, -0.2) is 0 Å². The van der Waals surface area contributed by atoms with E-state index < -0.39 is 193 Å². The molecule has 31 heteroatoms. The molecule has 1 aromatic rings. The summed E-state index contributed by atoms with van der Waals surface area (Å²) in [5.41, 5.74) is 6.38. The molecule has 526 valence electrons. The molecule has 3 rings (SSSR count). The molecule has 0 radical (unpaired) electrons. The van der Waals surface area contributed by atoms with E-state index in [1.165, 1.54) is 37.5 Å². The van der Waals surface area contributed by atoms with Crippen LogP contribution in [0.5, 0.6) is 0 Å². The minimum atomic E-state index is -1.90. The van der Waals surface area contributed by atoms with Gasteiger partial charge in [-0.2, -0.15) is 0 Å². The highest BCUT2D eigenvalue weighted by molar-refractivity contribution is 6.00. The predicted molar refractivity (Wildman–Crippen MR) is 340 cm³/mol. The number of nitrogens with one attached hydrogen (secondary N) is 10. The number of aliphatic carboxylic acids is 2. The Hall–Kier alpha value is -8.32. The minimum Gasteiger partial charge on any atom is -0.481 e. The number of amides is 12. The molecule has 0 unspecified atom stereocenters. The largest absolute Gasteiger partial charge is 0.481 e. The van der Waals surface area contributed by atoms with Gasteiger partial charge in [-0.05, 0) is 93.9 Å². The number of benzene rings is 1. The highest BCUT2D eigenvalue weighted by Gasteiger charge is 2.43. The van der Waals surface area contributed by atoms with Crippen molar-refractivity contribution in [2.45, 2.75) is 219 Å². The summed E-state index contributed by atoms with van der Waals surface area (Å²) in [6.07, 6.45) is -0.903. The number of hydrogen-bond acceptors (Lipinski definition) is 17. The number of aliphatic hydroxyl groups is 2. The van der Waals surface area contributed by atoms with Crippen LogP contribution in [0.1, 0.15) is 140 Å². The lowest BCUT2D eigenvalue weighted by Gasteiger charge is -2.32. The van der Waals surface area contributed by atoms with Crippen LogP contribution in [-0.4, -0.2) is 218 Å². The molecule has 16 N–H and O–H groups in total. The topological polar surface area (TPSA) is 473 Å². The minimum absolute atomic E-state index is 0.0380. The van der Waals surface area contributed by atoms with Crippen LogP contribution in [-0.2, 0) is 73.5 Å². The van der Waals surface area contributed by atoms with Crippen LogP contribution in [0, 0.1) is 29.6 Å². The first kappa shape index (κ1) is 79.9. The number of carbonyl (C=O) groups excluding carboxylic acids is 12. The maximum atomic E-state index is 14.6. The lowest BCUT2D eigenvalue weighted by molar-refractivity contribution is -0.143. The van der Waals surface area contributed by atoms with Crippen molar-refractivity contribution >= 4 is 82.8 Å². The number of aliphatic hydroxyl groups excluding tert-OH is 2. The zero-order valence-electron chi connectivity index (χ0n) is 55.9. The molecule has 1 aromatic carbocycles. The van der Waals surface area contributed by atoms with Crippen molar-refractivity contribution in [2.75, 3.05) is 26.2 Å². The Morgan fingerprint density at radius 1 is 0.479 bits per heavy atom. The molecular formula is C63H101N13O18. The zero-order valence-corrected chi connectivity index (χ0v) is 55.9. The van der Waals surface area contributed by atoms with Crippen LogP contribution >= 0.6 is 0 Å². The fourth-order valence-corrected chi connectivity index (χ4v) is 10.8. The van der Waals surface area contributed by atoms with Crippen molar-refractivity contribution in [1.82, 2.24) is 63.0 Å². The van der Waals surface area contributed by atoms with Crippen LogP contribution in [0.2, 0.25) is 0 Å². The summed E-state index contributed by atoms with van der Waals surface area (Å²) in [5.74, 6) is -14.7. The highest BCUT2D eigenvalue weighted by atomic mass is 16.4. The number of rotatable bonds is 37. The van der Waals surface area contributed by atoms with Gasteiger partial charge in [-0.3, -0.25) is 67.1 Å². The lowest BCUT2D eigenvalue weighted by Crippen LogP contribution is -2.61. The van der Waals surface area contributed by atoms with Gasteiger partial charge >= 0.3 is 11.9 Å². The van der Waals surface area contributed by atoms with Crippen molar-refractivity contribution in [1.29, 1.82) is 0 Å². The first-order chi connectivity index (χ1) is 44.0. The summed E-state index contributed by atoms with van der Waals surface area (Å²) in [4.78, 5) is 192. The Morgan fingerprint density at radius 2 is 0.894 bits per heavy atom. The van der Waals surface area contributed by atoms with Crippen molar-refractivity contribution in [3.8, 4) is 0 Å². The standard InChI is InChI=1S/C63H101N13O18/c1-31(2)24-39(53(84)65-29-48(81)82)67-57(88)44(30-77)72-55(86)41(27-38-18-14-13-15-19-38)68-56(87)42(28-47(79)80)70-60(91)50(34(7)8)73-52(83)36(11)66-58(89)45-20-16-22-75(45)62(93)43(26-33(5)6)71-54(85)40(25-32(3)4)69-61(92)51(35(9)10)74-59(90)46-21-17-23-76(46)63(94)49(64)37(12)78/h13-15,18-19,31-37,39-46,49-51,77-78H,16-17,20-30,64H2,1-12H3,(H,65,84)(H,66,89)(H,67,88)(H,68,87)(H,69,92)(H,70,91)(H,71,85)(H,72,86)(H,73,83)(H,74,90)(H,79,80)(H,81,82)/t36-,37+,39-,40-,41-,42-,43-,44-,45-,46-,49-,50-,51-/m0/s1. The summed E-state index contributed by atoms with van der Waals surface area (Å²) in [6.45, 7) is 18.4. The number of carboxylic acid groups (broad SMARTS) is 2. The SMILES string of the molecule is CC(C)C[C@H](NC(=O)[C@H](CO)NC(=O)[C@H](Cc1ccccc1)NC(=O)[C@H](CC(=O)O)NC(=O)[C@@H](NC(=O)[C@H](C)NC(=O)[C@@H]1CCCN1C(=O)[C@H](CC(C)C)NC(=O)[C@H](CC(C)C)NC(=O)[C@@H](NC(=O)[C@@H]1CCCN1C(=O)[C@@H](N)[C@@H](C)O)C(C)C)C(C)C)C(=O)NCC(=O)O. The van der Waals surface area contributed by atoms with Crippen LogP contribution in [0.15, 0.2) is 30.3 Å². The molecule has 2 fully saturated rings. The van der Waals surface area contributed by atoms with Gasteiger partial charge in [0.1, 0.15) is 79.0 Å². The first-order valence-electron chi connectivity index (χ1n) is 32.1.